The highest BCUT2D eigenvalue weighted by atomic mass is 16.2. The molecule has 1 amide bonds. The summed E-state index contributed by atoms with van der Waals surface area (Å²) in [5, 5.41) is 6.25. The standard InChI is InChI=1S/C17H24N2O/c1-12(18-2)11-19-16(20)15-10-17(15)9-5-7-13-6-3-4-8-14(13)17/h3-4,6,8,12,15,18H,5,7,9-11H2,1-2H3,(H,19,20). The van der Waals surface area contributed by atoms with Crippen LogP contribution in [-0.2, 0) is 16.6 Å². The van der Waals surface area contributed by atoms with Crippen molar-refractivity contribution < 1.29 is 4.79 Å². The van der Waals surface area contributed by atoms with Crippen molar-refractivity contribution in [2.45, 2.75) is 44.1 Å². The molecule has 1 fully saturated rings. The van der Waals surface area contributed by atoms with E-state index in [0.717, 1.165) is 6.42 Å². The number of aryl methyl sites for hydroxylation is 1. The van der Waals surface area contributed by atoms with Gasteiger partial charge in [-0.05, 0) is 50.8 Å². The molecule has 1 aromatic rings. The predicted octanol–water partition coefficient (Wildman–Crippen LogP) is 2.00. The van der Waals surface area contributed by atoms with E-state index in [-0.39, 0.29) is 17.2 Å². The molecule has 3 nitrogen and oxygen atoms in total. The molecule has 3 heteroatoms. The van der Waals surface area contributed by atoms with Crippen molar-refractivity contribution >= 4 is 5.91 Å². The van der Waals surface area contributed by atoms with Gasteiger partial charge in [-0.2, -0.15) is 0 Å². The molecule has 1 saturated carbocycles. The van der Waals surface area contributed by atoms with Crippen LogP contribution in [0.25, 0.3) is 0 Å². The number of carbonyl (C=O) groups excluding carboxylic acids is 1. The van der Waals surface area contributed by atoms with Crippen molar-refractivity contribution in [2.75, 3.05) is 13.6 Å². The third-order valence-corrected chi connectivity index (χ3v) is 5.09. The summed E-state index contributed by atoms with van der Waals surface area (Å²) in [5.74, 6) is 0.428. The predicted molar refractivity (Wildman–Crippen MR) is 80.7 cm³/mol. The SMILES string of the molecule is CNC(C)CNC(=O)C1CC12CCCc1ccccc12. The quantitative estimate of drug-likeness (QED) is 0.880. The van der Waals surface area contributed by atoms with E-state index in [1.54, 1.807) is 0 Å². The van der Waals surface area contributed by atoms with Crippen molar-refractivity contribution in [3.8, 4) is 0 Å². The Morgan fingerprint density at radius 3 is 3.05 bits per heavy atom. The van der Waals surface area contributed by atoms with Gasteiger partial charge in [0.2, 0.25) is 5.91 Å². The van der Waals surface area contributed by atoms with Crippen molar-refractivity contribution in [2.24, 2.45) is 5.92 Å². The highest BCUT2D eigenvalue weighted by Gasteiger charge is 2.59. The number of amides is 1. The third-order valence-electron chi connectivity index (χ3n) is 5.09. The number of rotatable bonds is 4. The fraction of sp³-hybridized carbons (Fsp3) is 0.588. The zero-order valence-electron chi connectivity index (χ0n) is 12.4. The summed E-state index contributed by atoms with van der Waals surface area (Å²) < 4.78 is 0. The first-order chi connectivity index (χ1) is 9.67. The molecule has 3 unspecified atom stereocenters. The summed E-state index contributed by atoms with van der Waals surface area (Å²) in [6.07, 6.45) is 4.59. The van der Waals surface area contributed by atoms with Crippen LogP contribution in [0.4, 0.5) is 0 Å². The first-order valence-electron chi connectivity index (χ1n) is 7.71. The molecule has 1 spiro atoms. The summed E-state index contributed by atoms with van der Waals surface area (Å²) in [6, 6.07) is 9.02. The van der Waals surface area contributed by atoms with E-state index < -0.39 is 0 Å². The highest BCUT2D eigenvalue weighted by molar-refractivity contribution is 5.84. The zero-order valence-corrected chi connectivity index (χ0v) is 12.4. The molecule has 108 valence electrons. The lowest BCUT2D eigenvalue weighted by Crippen LogP contribution is -2.39. The molecule has 2 aliphatic carbocycles. The van der Waals surface area contributed by atoms with Crippen LogP contribution in [0.2, 0.25) is 0 Å². The van der Waals surface area contributed by atoms with Gasteiger partial charge in [0.1, 0.15) is 0 Å². The summed E-state index contributed by atoms with van der Waals surface area (Å²) in [6.45, 7) is 2.79. The van der Waals surface area contributed by atoms with E-state index in [2.05, 4.69) is 41.8 Å². The molecule has 2 aliphatic rings. The number of hydrogen-bond acceptors (Lipinski definition) is 2. The van der Waals surface area contributed by atoms with Crippen molar-refractivity contribution in [3.05, 3.63) is 35.4 Å². The van der Waals surface area contributed by atoms with Gasteiger partial charge in [-0.15, -0.1) is 0 Å². The Morgan fingerprint density at radius 1 is 1.45 bits per heavy atom. The maximum Gasteiger partial charge on any atom is 0.224 e. The maximum atomic E-state index is 12.4. The van der Waals surface area contributed by atoms with E-state index in [1.165, 1.54) is 30.4 Å². The molecule has 3 atom stereocenters. The van der Waals surface area contributed by atoms with Crippen LogP contribution in [0.5, 0.6) is 0 Å². The third kappa shape index (κ3) is 2.24. The topological polar surface area (TPSA) is 41.1 Å². The number of fused-ring (bicyclic) bond motifs is 2. The van der Waals surface area contributed by atoms with Crippen LogP contribution >= 0.6 is 0 Å². The maximum absolute atomic E-state index is 12.4. The number of nitrogens with one attached hydrogen (secondary N) is 2. The van der Waals surface area contributed by atoms with Crippen LogP contribution in [0.15, 0.2) is 24.3 Å². The largest absolute Gasteiger partial charge is 0.354 e. The van der Waals surface area contributed by atoms with Gasteiger partial charge in [0.25, 0.3) is 0 Å². The molecule has 0 heterocycles. The first kappa shape index (κ1) is 13.6. The summed E-state index contributed by atoms with van der Waals surface area (Å²) in [7, 11) is 1.92. The van der Waals surface area contributed by atoms with Crippen LogP contribution in [0.3, 0.4) is 0 Å². The molecule has 0 aromatic heterocycles. The van der Waals surface area contributed by atoms with Gasteiger partial charge in [0.15, 0.2) is 0 Å². The lowest BCUT2D eigenvalue weighted by molar-refractivity contribution is -0.122. The molecule has 3 rings (SSSR count). The fourth-order valence-corrected chi connectivity index (χ4v) is 3.65. The van der Waals surface area contributed by atoms with Gasteiger partial charge >= 0.3 is 0 Å². The van der Waals surface area contributed by atoms with E-state index in [0.29, 0.717) is 12.6 Å². The van der Waals surface area contributed by atoms with Gasteiger partial charge < -0.3 is 10.6 Å². The van der Waals surface area contributed by atoms with Crippen molar-refractivity contribution in [1.82, 2.24) is 10.6 Å². The monoisotopic (exact) mass is 272 g/mol. The molecule has 1 aromatic carbocycles. The number of benzene rings is 1. The van der Waals surface area contributed by atoms with Crippen LogP contribution < -0.4 is 10.6 Å². The average molecular weight is 272 g/mol. The van der Waals surface area contributed by atoms with Crippen molar-refractivity contribution in [3.63, 3.8) is 0 Å². The lowest BCUT2D eigenvalue weighted by Gasteiger charge is -2.26. The van der Waals surface area contributed by atoms with Crippen molar-refractivity contribution in [1.29, 1.82) is 0 Å². The second-order valence-electron chi connectivity index (χ2n) is 6.36. The minimum Gasteiger partial charge on any atom is -0.354 e. The molecule has 0 aliphatic heterocycles. The Morgan fingerprint density at radius 2 is 2.25 bits per heavy atom. The highest BCUT2D eigenvalue weighted by Crippen LogP contribution is 2.60. The minimum absolute atomic E-state index is 0.155. The van der Waals surface area contributed by atoms with E-state index in [4.69, 9.17) is 0 Å². The smallest absolute Gasteiger partial charge is 0.224 e. The summed E-state index contributed by atoms with van der Waals surface area (Å²) in [5.41, 5.74) is 3.05. The Balaban J connectivity index is 1.70. The molecule has 0 bridgehead atoms. The molecular weight excluding hydrogens is 248 g/mol. The van der Waals surface area contributed by atoms with Crippen LogP contribution in [0.1, 0.15) is 37.3 Å². The second-order valence-corrected chi connectivity index (χ2v) is 6.36. The Kier molecular flexibility index (Phi) is 3.55. The molecule has 0 radical (unpaired) electrons. The van der Waals surface area contributed by atoms with E-state index >= 15 is 0 Å². The van der Waals surface area contributed by atoms with Gasteiger partial charge in [-0.3, -0.25) is 4.79 Å². The van der Waals surface area contributed by atoms with Gasteiger partial charge in [0.05, 0.1) is 0 Å². The second kappa shape index (κ2) is 5.21. The van der Waals surface area contributed by atoms with Crippen LogP contribution in [-0.4, -0.2) is 25.5 Å². The Bertz CT molecular complexity index is 513. The van der Waals surface area contributed by atoms with Crippen LogP contribution in [0, 0.1) is 5.92 Å². The summed E-state index contributed by atoms with van der Waals surface area (Å²) >= 11 is 0. The number of carbonyl (C=O) groups is 1. The molecule has 20 heavy (non-hydrogen) atoms. The Labute approximate surface area is 121 Å². The first-order valence-corrected chi connectivity index (χ1v) is 7.71. The number of likely N-dealkylation sites (N-methyl/N-ethyl adjacent to an activating group) is 1. The lowest BCUT2D eigenvalue weighted by atomic mass is 9.78. The van der Waals surface area contributed by atoms with E-state index in [1.807, 2.05) is 7.05 Å². The summed E-state index contributed by atoms with van der Waals surface area (Å²) in [4.78, 5) is 12.4. The molecule has 2 N–H and O–H groups in total. The zero-order chi connectivity index (χ0) is 14.2. The average Bonchev–Trinajstić information content (AvgIpc) is 3.20. The molecule has 0 saturated heterocycles. The normalized spacial score (nSPS) is 28.8. The van der Waals surface area contributed by atoms with E-state index in [9.17, 15) is 4.79 Å². The van der Waals surface area contributed by atoms with Gasteiger partial charge in [-0.25, -0.2) is 0 Å². The van der Waals surface area contributed by atoms with Gasteiger partial charge in [-0.1, -0.05) is 24.3 Å². The number of hydrogen-bond donors (Lipinski definition) is 2. The minimum atomic E-state index is 0.155. The van der Waals surface area contributed by atoms with Gasteiger partial charge in [0, 0.05) is 23.9 Å². The molecular formula is C17H24N2O. The Hall–Kier alpha value is -1.35. The fourth-order valence-electron chi connectivity index (χ4n) is 3.65.